The van der Waals surface area contributed by atoms with Crippen LogP contribution in [-0.4, -0.2) is 4.98 Å². The Kier molecular flexibility index (Phi) is 4.04. The number of benzene rings is 2. The first-order valence-electron chi connectivity index (χ1n) is 7.28. The number of hydrogen-bond acceptors (Lipinski definition) is 3. The summed E-state index contributed by atoms with van der Waals surface area (Å²) in [5, 5.41) is 4.72. The molecule has 0 fully saturated rings. The normalized spacial score (nSPS) is 12.7. The van der Waals surface area contributed by atoms with Crippen molar-refractivity contribution in [2.75, 3.05) is 0 Å². The van der Waals surface area contributed by atoms with Gasteiger partial charge in [0.1, 0.15) is 5.01 Å². The smallest absolute Gasteiger partial charge is 0.108 e. The zero-order valence-corrected chi connectivity index (χ0v) is 13.5. The molecule has 0 amide bonds. The van der Waals surface area contributed by atoms with Crippen LogP contribution in [0.2, 0.25) is 0 Å². The fourth-order valence-corrected chi connectivity index (χ4v) is 3.53. The molecule has 21 heavy (non-hydrogen) atoms. The Morgan fingerprint density at radius 3 is 2.52 bits per heavy atom. The fraction of sp³-hybridized carbons (Fsp3) is 0.278. The summed E-state index contributed by atoms with van der Waals surface area (Å²) >= 11 is 1.77. The van der Waals surface area contributed by atoms with Crippen LogP contribution < -0.4 is 5.32 Å². The van der Waals surface area contributed by atoms with Gasteiger partial charge in [-0.05, 0) is 38.5 Å². The van der Waals surface area contributed by atoms with Gasteiger partial charge in [0.25, 0.3) is 0 Å². The third kappa shape index (κ3) is 3.31. The third-order valence-electron chi connectivity index (χ3n) is 3.64. The maximum absolute atomic E-state index is 4.67. The van der Waals surface area contributed by atoms with Gasteiger partial charge in [0, 0.05) is 12.6 Å². The molecule has 1 heterocycles. The summed E-state index contributed by atoms with van der Waals surface area (Å²) < 4.78 is 1.26. The highest BCUT2D eigenvalue weighted by molar-refractivity contribution is 7.18. The topological polar surface area (TPSA) is 24.9 Å². The molecule has 108 valence electrons. The van der Waals surface area contributed by atoms with E-state index in [0.29, 0.717) is 6.04 Å². The Bertz CT molecular complexity index is 708. The molecule has 3 rings (SSSR count). The van der Waals surface area contributed by atoms with Gasteiger partial charge in [0.15, 0.2) is 0 Å². The second-order valence-electron chi connectivity index (χ2n) is 5.60. The molecule has 3 heteroatoms. The monoisotopic (exact) mass is 296 g/mol. The van der Waals surface area contributed by atoms with Crippen LogP contribution >= 0.6 is 11.3 Å². The maximum Gasteiger partial charge on any atom is 0.108 e. The lowest BCUT2D eigenvalue weighted by Crippen LogP contribution is -2.18. The van der Waals surface area contributed by atoms with Crippen LogP contribution in [0.1, 0.15) is 34.7 Å². The SMILES string of the molecule is Cc1cc(C)cc(C(C)NCc2nc3ccccc3s2)c1. The van der Waals surface area contributed by atoms with Gasteiger partial charge in [-0.25, -0.2) is 4.98 Å². The van der Waals surface area contributed by atoms with Gasteiger partial charge in [0.2, 0.25) is 0 Å². The predicted molar refractivity (Wildman–Crippen MR) is 90.8 cm³/mol. The van der Waals surface area contributed by atoms with Crippen molar-refractivity contribution in [3.05, 3.63) is 64.2 Å². The first kappa shape index (κ1) is 14.2. The quantitative estimate of drug-likeness (QED) is 0.750. The van der Waals surface area contributed by atoms with Gasteiger partial charge < -0.3 is 5.32 Å². The van der Waals surface area contributed by atoms with Crippen molar-refractivity contribution >= 4 is 21.6 Å². The fourth-order valence-electron chi connectivity index (χ4n) is 2.61. The molecule has 0 saturated heterocycles. The van der Waals surface area contributed by atoms with Crippen LogP contribution in [-0.2, 0) is 6.54 Å². The molecule has 0 aliphatic heterocycles. The summed E-state index contributed by atoms with van der Waals surface area (Å²) in [6, 6.07) is 15.4. The highest BCUT2D eigenvalue weighted by Gasteiger charge is 2.08. The van der Waals surface area contributed by atoms with E-state index in [4.69, 9.17) is 0 Å². The van der Waals surface area contributed by atoms with Crippen molar-refractivity contribution in [2.45, 2.75) is 33.4 Å². The Labute approximate surface area is 129 Å². The molecule has 2 nitrogen and oxygen atoms in total. The molecule has 0 aliphatic carbocycles. The average molecular weight is 296 g/mol. The van der Waals surface area contributed by atoms with E-state index in [2.05, 4.69) is 67.5 Å². The van der Waals surface area contributed by atoms with Crippen molar-refractivity contribution in [1.82, 2.24) is 10.3 Å². The molecule has 0 bridgehead atoms. The van der Waals surface area contributed by atoms with E-state index in [1.54, 1.807) is 11.3 Å². The van der Waals surface area contributed by atoms with Crippen molar-refractivity contribution in [3.63, 3.8) is 0 Å². The van der Waals surface area contributed by atoms with Crippen LogP contribution in [0.4, 0.5) is 0 Å². The molecule has 1 unspecified atom stereocenters. The van der Waals surface area contributed by atoms with E-state index in [9.17, 15) is 0 Å². The van der Waals surface area contributed by atoms with E-state index in [-0.39, 0.29) is 0 Å². The van der Waals surface area contributed by atoms with Gasteiger partial charge in [-0.3, -0.25) is 0 Å². The Balaban J connectivity index is 1.71. The second kappa shape index (κ2) is 5.96. The van der Waals surface area contributed by atoms with Crippen LogP contribution in [0.15, 0.2) is 42.5 Å². The Hall–Kier alpha value is -1.71. The molecular formula is C18H20N2S. The van der Waals surface area contributed by atoms with Crippen LogP contribution in [0.5, 0.6) is 0 Å². The van der Waals surface area contributed by atoms with Gasteiger partial charge in [-0.2, -0.15) is 0 Å². The van der Waals surface area contributed by atoms with Gasteiger partial charge >= 0.3 is 0 Å². The highest BCUT2D eigenvalue weighted by atomic mass is 32.1. The molecule has 1 atom stereocenters. The number of fused-ring (bicyclic) bond motifs is 1. The van der Waals surface area contributed by atoms with Crippen LogP contribution in [0.25, 0.3) is 10.2 Å². The summed E-state index contributed by atoms with van der Waals surface area (Å²) in [5.74, 6) is 0. The average Bonchev–Trinajstić information content (AvgIpc) is 2.86. The number of hydrogen-bond donors (Lipinski definition) is 1. The van der Waals surface area contributed by atoms with E-state index < -0.39 is 0 Å². The number of nitrogens with one attached hydrogen (secondary N) is 1. The van der Waals surface area contributed by atoms with E-state index in [1.807, 2.05) is 6.07 Å². The van der Waals surface area contributed by atoms with Crippen LogP contribution in [0, 0.1) is 13.8 Å². The number of aromatic nitrogens is 1. The zero-order chi connectivity index (χ0) is 14.8. The maximum atomic E-state index is 4.67. The minimum atomic E-state index is 0.329. The predicted octanol–water partition coefficient (Wildman–Crippen LogP) is 4.76. The van der Waals surface area contributed by atoms with Crippen molar-refractivity contribution in [3.8, 4) is 0 Å². The van der Waals surface area contributed by atoms with Gasteiger partial charge in [0.05, 0.1) is 10.2 Å². The molecular weight excluding hydrogens is 276 g/mol. The Morgan fingerprint density at radius 1 is 1.10 bits per heavy atom. The first-order valence-corrected chi connectivity index (χ1v) is 8.09. The summed E-state index contributed by atoms with van der Waals surface area (Å²) in [4.78, 5) is 4.67. The molecule has 0 radical (unpaired) electrons. The standard InChI is InChI=1S/C18H20N2S/c1-12-8-13(2)10-15(9-12)14(3)19-11-18-20-16-6-4-5-7-17(16)21-18/h4-10,14,19H,11H2,1-3H3. The zero-order valence-electron chi connectivity index (χ0n) is 12.7. The number of para-hydroxylation sites is 1. The molecule has 0 aliphatic rings. The van der Waals surface area contributed by atoms with E-state index in [1.165, 1.54) is 21.4 Å². The van der Waals surface area contributed by atoms with Crippen LogP contribution in [0.3, 0.4) is 0 Å². The van der Waals surface area contributed by atoms with E-state index >= 15 is 0 Å². The molecule has 1 N–H and O–H groups in total. The summed E-state index contributed by atoms with van der Waals surface area (Å²) in [5.41, 5.74) is 5.07. The summed E-state index contributed by atoms with van der Waals surface area (Å²) in [6.45, 7) is 7.32. The van der Waals surface area contributed by atoms with Gasteiger partial charge in [-0.1, -0.05) is 41.5 Å². The van der Waals surface area contributed by atoms with Crippen molar-refractivity contribution in [1.29, 1.82) is 0 Å². The van der Waals surface area contributed by atoms with Crippen molar-refractivity contribution < 1.29 is 0 Å². The highest BCUT2D eigenvalue weighted by Crippen LogP contribution is 2.22. The molecule has 0 saturated carbocycles. The Morgan fingerprint density at radius 2 is 1.81 bits per heavy atom. The molecule has 1 aromatic heterocycles. The molecule has 3 aromatic rings. The second-order valence-corrected chi connectivity index (χ2v) is 6.71. The van der Waals surface area contributed by atoms with Crippen molar-refractivity contribution in [2.24, 2.45) is 0 Å². The number of rotatable bonds is 4. The lowest BCUT2D eigenvalue weighted by atomic mass is 10.0. The van der Waals surface area contributed by atoms with E-state index in [0.717, 1.165) is 17.1 Å². The number of nitrogens with zero attached hydrogens (tertiary/aromatic N) is 1. The largest absolute Gasteiger partial charge is 0.304 e. The first-order chi connectivity index (χ1) is 10.1. The van der Waals surface area contributed by atoms with Gasteiger partial charge in [-0.15, -0.1) is 11.3 Å². The minimum Gasteiger partial charge on any atom is -0.304 e. The summed E-state index contributed by atoms with van der Waals surface area (Å²) in [6.07, 6.45) is 0. The third-order valence-corrected chi connectivity index (χ3v) is 4.68. The number of thiazole rings is 1. The molecule has 0 spiro atoms. The minimum absolute atomic E-state index is 0.329. The molecule has 2 aromatic carbocycles. The number of aryl methyl sites for hydroxylation is 2. The lowest BCUT2D eigenvalue weighted by molar-refractivity contribution is 0.573. The summed E-state index contributed by atoms with van der Waals surface area (Å²) in [7, 11) is 0. The lowest BCUT2D eigenvalue weighted by Gasteiger charge is -2.14.